The lowest BCUT2D eigenvalue weighted by molar-refractivity contribution is 0.182. The Bertz CT molecular complexity index is 757. The average molecular weight is 387 g/mol. The molecule has 1 saturated heterocycles. The first-order chi connectivity index (χ1) is 13.7. The first-order valence-electron chi connectivity index (χ1n) is 11.1. The van der Waals surface area contributed by atoms with Gasteiger partial charge in [-0.05, 0) is 56.8 Å². The first-order valence-corrected chi connectivity index (χ1v) is 11.1. The number of hydrogen-bond acceptors (Lipinski definition) is 4. The van der Waals surface area contributed by atoms with E-state index < -0.39 is 0 Å². The Labute approximate surface area is 167 Å². The predicted molar refractivity (Wildman–Crippen MR) is 110 cm³/mol. The predicted octanol–water partition coefficient (Wildman–Crippen LogP) is 3.75. The summed E-state index contributed by atoms with van der Waals surface area (Å²) >= 11 is 0. The maximum absolute atomic E-state index is 12.5. The first kappa shape index (κ1) is 19.5. The number of methoxy groups -OCH3 is 1. The summed E-state index contributed by atoms with van der Waals surface area (Å²) in [6, 6.07) is -0.0663. The van der Waals surface area contributed by atoms with Crippen molar-refractivity contribution in [3.8, 4) is 0 Å². The van der Waals surface area contributed by atoms with Gasteiger partial charge in [0.2, 0.25) is 0 Å². The van der Waals surface area contributed by atoms with Crippen LogP contribution in [0.1, 0.15) is 75.6 Å². The number of nitrogens with zero attached hydrogens (tertiary/aromatic N) is 3. The van der Waals surface area contributed by atoms with E-state index >= 15 is 0 Å². The summed E-state index contributed by atoms with van der Waals surface area (Å²) in [5, 5.41) is 4.70. The molecule has 0 spiro atoms. The molecular weight excluding hydrogens is 352 g/mol. The Morgan fingerprint density at radius 2 is 2.07 bits per heavy atom. The lowest BCUT2D eigenvalue weighted by atomic mass is 9.86. The van der Waals surface area contributed by atoms with Crippen LogP contribution < -0.4 is 5.69 Å². The van der Waals surface area contributed by atoms with E-state index in [0.29, 0.717) is 5.92 Å². The zero-order valence-electron chi connectivity index (χ0n) is 17.1. The van der Waals surface area contributed by atoms with Crippen molar-refractivity contribution in [2.45, 2.75) is 69.7 Å². The van der Waals surface area contributed by atoms with Crippen molar-refractivity contribution in [1.82, 2.24) is 19.7 Å². The fraction of sp³-hybridized carbons (Fsp3) is 0.727. The lowest BCUT2D eigenvalue weighted by Crippen LogP contribution is -2.36. The topological polar surface area (TPSA) is 63.1 Å². The zero-order chi connectivity index (χ0) is 19.3. The summed E-state index contributed by atoms with van der Waals surface area (Å²) < 4.78 is 6.91. The molecule has 2 heterocycles. The van der Waals surface area contributed by atoms with Gasteiger partial charge in [-0.15, -0.1) is 0 Å². The second kappa shape index (κ2) is 9.12. The number of hydrogen-bond donors (Lipinski definition) is 1. The number of nitrogens with one attached hydrogen (secondary N) is 1. The summed E-state index contributed by atoms with van der Waals surface area (Å²) in [7, 11) is 1.65. The number of H-pyrrole nitrogens is 1. The highest BCUT2D eigenvalue weighted by atomic mass is 16.5. The smallest absolute Gasteiger partial charge is 0.343 e. The van der Waals surface area contributed by atoms with Crippen molar-refractivity contribution in [1.29, 1.82) is 0 Å². The molecule has 1 saturated carbocycles. The van der Waals surface area contributed by atoms with E-state index in [1.54, 1.807) is 11.8 Å². The fourth-order valence-electron chi connectivity index (χ4n) is 5.03. The second-order valence-corrected chi connectivity index (χ2v) is 8.67. The maximum atomic E-state index is 12.5. The van der Waals surface area contributed by atoms with Gasteiger partial charge in [-0.3, -0.25) is 4.98 Å². The van der Waals surface area contributed by atoms with E-state index in [0.717, 1.165) is 36.9 Å². The molecular formula is C22H34N4O2. The molecule has 0 amide bonds. The highest BCUT2D eigenvalue weighted by molar-refractivity contribution is 5.19. The maximum Gasteiger partial charge on any atom is 0.343 e. The van der Waals surface area contributed by atoms with Gasteiger partial charge < -0.3 is 9.64 Å². The summed E-state index contributed by atoms with van der Waals surface area (Å²) in [5.74, 6) is 2.90. The molecule has 2 fully saturated rings. The Kier molecular flexibility index (Phi) is 6.35. The Morgan fingerprint density at radius 1 is 1.21 bits per heavy atom. The largest absolute Gasteiger partial charge is 0.497 e. The van der Waals surface area contributed by atoms with Crippen LogP contribution in [0.3, 0.4) is 0 Å². The number of aromatic amines is 1. The number of allylic oxidation sites excluding steroid dienone is 3. The van der Waals surface area contributed by atoms with Crippen LogP contribution >= 0.6 is 0 Å². The van der Waals surface area contributed by atoms with Crippen LogP contribution in [0.5, 0.6) is 0 Å². The normalized spacial score (nSPS) is 27.0. The molecule has 3 aliphatic rings. The molecule has 2 atom stereocenters. The third-order valence-electron chi connectivity index (χ3n) is 6.70. The van der Waals surface area contributed by atoms with Gasteiger partial charge in [0.05, 0.1) is 13.2 Å². The summed E-state index contributed by atoms with van der Waals surface area (Å²) in [6.45, 7) is 3.39. The van der Waals surface area contributed by atoms with Crippen LogP contribution in [0.2, 0.25) is 0 Å². The molecule has 154 valence electrons. The van der Waals surface area contributed by atoms with E-state index in [1.165, 1.54) is 58.0 Å². The van der Waals surface area contributed by atoms with Crippen molar-refractivity contribution in [3.63, 3.8) is 0 Å². The molecule has 4 rings (SSSR count). The molecule has 0 bridgehead atoms. The van der Waals surface area contributed by atoms with E-state index in [4.69, 9.17) is 9.84 Å². The zero-order valence-corrected chi connectivity index (χ0v) is 17.1. The minimum absolute atomic E-state index is 0.0663. The van der Waals surface area contributed by atoms with Gasteiger partial charge in [0.15, 0.2) is 0 Å². The number of aromatic nitrogens is 3. The van der Waals surface area contributed by atoms with Crippen LogP contribution in [-0.4, -0.2) is 46.4 Å². The van der Waals surface area contributed by atoms with E-state index in [2.05, 4.69) is 9.88 Å². The van der Waals surface area contributed by atoms with Gasteiger partial charge in [0, 0.05) is 12.5 Å². The molecule has 1 aliphatic heterocycles. The quantitative estimate of drug-likeness (QED) is 0.809. The van der Waals surface area contributed by atoms with Gasteiger partial charge in [-0.2, -0.15) is 5.10 Å². The van der Waals surface area contributed by atoms with Crippen LogP contribution in [0.15, 0.2) is 28.8 Å². The molecule has 1 aromatic rings. The molecule has 1 N–H and O–H groups in total. The SMILES string of the molecule is COC1=CC(n2nc(C3CCCN(CCC4CCCCC4)C3)[nH]c2=O)CC=C1. The van der Waals surface area contributed by atoms with Gasteiger partial charge in [-0.25, -0.2) is 9.48 Å². The van der Waals surface area contributed by atoms with E-state index in [9.17, 15) is 4.79 Å². The molecule has 2 aliphatic carbocycles. The minimum Gasteiger partial charge on any atom is -0.497 e. The van der Waals surface area contributed by atoms with Crippen molar-refractivity contribution < 1.29 is 4.74 Å². The monoisotopic (exact) mass is 386 g/mol. The van der Waals surface area contributed by atoms with Gasteiger partial charge in [0.25, 0.3) is 0 Å². The standard InChI is InChI=1S/C22H34N4O2/c1-28-20-11-5-10-19(15-20)26-22(27)23-21(24-26)18-9-6-13-25(16-18)14-12-17-7-3-2-4-8-17/h5,11,15,17-19H,2-4,6-10,12-14,16H2,1H3,(H,23,24,27). The van der Waals surface area contributed by atoms with Crippen LogP contribution in [-0.2, 0) is 4.74 Å². The Morgan fingerprint density at radius 3 is 2.89 bits per heavy atom. The minimum atomic E-state index is -0.110. The Balaban J connectivity index is 1.38. The third kappa shape index (κ3) is 4.59. The number of piperidine rings is 1. The molecule has 1 aromatic heterocycles. The summed E-state index contributed by atoms with van der Waals surface area (Å²) in [5.41, 5.74) is -0.110. The lowest BCUT2D eigenvalue weighted by Gasteiger charge is -2.33. The fourth-order valence-corrected chi connectivity index (χ4v) is 5.03. The molecule has 6 heteroatoms. The molecule has 6 nitrogen and oxygen atoms in total. The van der Waals surface area contributed by atoms with Gasteiger partial charge in [-0.1, -0.05) is 38.2 Å². The second-order valence-electron chi connectivity index (χ2n) is 8.67. The highest BCUT2D eigenvalue weighted by Crippen LogP contribution is 2.29. The van der Waals surface area contributed by atoms with Crippen LogP contribution in [0, 0.1) is 5.92 Å². The van der Waals surface area contributed by atoms with Crippen molar-refractivity contribution in [2.24, 2.45) is 5.92 Å². The number of rotatable bonds is 6. The van der Waals surface area contributed by atoms with Gasteiger partial charge in [0.1, 0.15) is 11.6 Å². The van der Waals surface area contributed by atoms with Crippen molar-refractivity contribution in [2.75, 3.05) is 26.7 Å². The van der Waals surface area contributed by atoms with Gasteiger partial charge >= 0.3 is 5.69 Å². The Hall–Kier alpha value is -1.82. The number of likely N-dealkylation sites (tertiary alicyclic amines) is 1. The van der Waals surface area contributed by atoms with Crippen molar-refractivity contribution in [3.05, 3.63) is 40.3 Å². The van der Waals surface area contributed by atoms with E-state index in [-0.39, 0.29) is 11.7 Å². The van der Waals surface area contributed by atoms with Crippen LogP contribution in [0.25, 0.3) is 0 Å². The van der Waals surface area contributed by atoms with Crippen LogP contribution in [0.4, 0.5) is 0 Å². The molecule has 0 radical (unpaired) electrons. The van der Waals surface area contributed by atoms with Crippen molar-refractivity contribution >= 4 is 0 Å². The van der Waals surface area contributed by atoms with E-state index in [1.807, 2.05) is 18.2 Å². The summed E-state index contributed by atoms with van der Waals surface area (Å²) in [6.07, 6.45) is 17.5. The summed E-state index contributed by atoms with van der Waals surface area (Å²) in [4.78, 5) is 18.2. The molecule has 28 heavy (non-hydrogen) atoms. The molecule has 2 unspecified atom stereocenters. The highest BCUT2D eigenvalue weighted by Gasteiger charge is 2.26. The molecule has 0 aromatic carbocycles. The average Bonchev–Trinajstić information content (AvgIpc) is 3.15. The number of ether oxygens (including phenoxy) is 1. The third-order valence-corrected chi connectivity index (χ3v) is 6.70.